The Morgan fingerprint density at radius 3 is 2.44 bits per heavy atom. The molecule has 1 amide bonds. The van der Waals surface area contributed by atoms with Crippen LogP contribution in [0.15, 0.2) is 66.5 Å². The third-order valence-electron chi connectivity index (χ3n) is 5.32. The molecule has 1 N–H and O–H groups in total. The lowest BCUT2D eigenvalue weighted by molar-refractivity contribution is -0.132. The summed E-state index contributed by atoms with van der Waals surface area (Å²) in [7, 11) is 1.44. The molecule has 2 aromatic carbocycles. The number of hydrogen-bond donors (Lipinski definition) is 1. The summed E-state index contributed by atoms with van der Waals surface area (Å²) < 4.78 is 5.33. The van der Waals surface area contributed by atoms with Gasteiger partial charge in [-0.2, -0.15) is 0 Å². The molecule has 8 heteroatoms. The predicted octanol–water partition coefficient (Wildman–Crippen LogP) is 5.33. The van der Waals surface area contributed by atoms with Crippen molar-refractivity contribution in [2.45, 2.75) is 13.0 Å². The standard InChI is InChI=1S/C24H18Cl2N2O4/c1-13-3-5-16(12-18(13)26)28-21(14-7-9-27-10-8-14)20(23(30)24(28)31)22(29)17-11-15(25)4-6-19(17)32-2/h3-12,21,29H,1-2H3/b22-20+. The van der Waals surface area contributed by atoms with Gasteiger partial charge in [0.1, 0.15) is 11.5 Å². The van der Waals surface area contributed by atoms with E-state index in [1.165, 1.54) is 18.1 Å². The smallest absolute Gasteiger partial charge is 0.300 e. The number of aromatic nitrogens is 1. The Balaban J connectivity index is 1.98. The summed E-state index contributed by atoms with van der Waals surface area (Å²) in [6.45, 7) is 1.84. The number of methoxy groups -OCH3 is 1. The van der Waals surface area contributed by atoms with Crippen LogP contribution in [0.4, 0.5) is 5.69 Å². The van der Waals surface area contributed by atoms with E-state index in [0.29, 0.717) is 27.0 Å². The lowest BCUT2D eigenvalue weighted by Gasteiger charge is -2.25. The van der Waals surface area contributed by atoms with Gasteiger partial charge in [-0.1, -0.05) is 29.3 Å². The Labute approximate surface area is 194 Å². The number of carbonyl (C=O) groups excluding carboxylic acids is 2. The van der Waals surface area contributed by atoms with E-state index in [-0.39, 0.29) is 16.9 Å². The number of ketones is 1. The van der Waals surface area contributed by atoms with Crippen LogP contribution >= 0.6 is 23.2 Å². The van der Waals surface area contributed by atoms with Crippen LogP contribution < -0.4 is 9.64 Å². The number of rotatable bonds is 4. The number of halogens is 2. The van der Waals surface area contributed by atoms with Gasteiger partial charge in [0.25, 0.3) is 11.7 Å². The first kappa shape index (κ1) is 21.9. The molecule has 3 aromatic rings. The summed E-state index contributed by atoms with van der Waals surface area (Å²) in [6.07, 6.45) is 3.11. The molecule has 6 nitrogen and oxygen atoms in total. The number of Topliss-reactive ketones (excluding diaryl/α,β-unsaturated/α-hetero) is 1. The molecular formula is C24H18Cl2N2O4. The summed E-state index contributed by atoms with van der Waals surface area (Å²) in [4.78, 5) is 31.7. The summed E-state index contributed by atoms with van der Waals surface area (Å²) >= 11 is 12.4. The van der Waals surface area contributed by atoms with E-state index in [1.807, 2.05) is 6.92 Å². The Hall–Kier alpha value is -3.35. The summed E-state index contributed by atoms with van der Waals surface area (Å²) in [5, 5.41) is 12.0. The fraction of sp³-hybridized carbons (Fsp3) is 0.125. The lowest BCUT2D eigenvalue weighted by atomic mass is 9.95. The van der Waals surface area contributed by atoms with Crippen LogP contribution in [0.1, 0.15) is 22.7 Å². The van der Waals surface area contributed by atoms with Crippen LogP contribution in [0.2, 0.25) is 10.0 Å². The molecule has 4 rings (SSSR count). The SMILES string of the molecule is COc1ccc(Cl)cc1/C(O)=C1\C(=O)C(=O)N(c2ccc(C)c(Cl)c2)C1c1ccncc1. The van der Waals surface area contributed by atoms with E-state index < -0.39 is 17.7 Å². The van der Waals surface area contributed by atoms with Crippen molar-refractivity contribution in [3.63, 3.8) is 0 Å². The molecule has 32 heavy (non-hydrogen) atoms. The van der Waals surface area contributed by atoms with Crippen molar-refractivity contribution in [1.29, 1.82) is 0 Å². The van der Waals surface area contributed by atoms with Crippen molar-refractivity contribution < 1.29 is 19.4 Å². The van der Waals surface area contributed by atoms with Crippen LogP contribution in [0, 0.1) is 6.92 Å². The zero-order valence-electron chi connectivity index (χ0n) is 17.2. The number of aliphatic hydroxyl groups excluding tert-OH is 1. The van der Waals surface area contributed by atoms with Crippen LogP contribution in [0.3, 0.4) is 0 Å². The number of amides is 1. The second-order valence-electron chi connectivity index (χ2n) is 7.23. The first-order valence-electron chi connectivity index (χ1n) is 9.64. The summed E-state index contributed by atoms with van der Waals surface area (Å²) in [6, 6.07) is 12.2. The van der Waals surface area contributed by atoms with Crippen molar-refractivity contribution >= 4 is 46.3 Å². The molecule has 0 aliphatic carbocycles. The number of hydrogen-bond acceptors (Lipinski definition) is 5. The molecule has 1 atom stereocenters. The minimum atomic E-state index is -0.902. The van der Waals surface area contributed by atoms with Gasteiger partial charge in [0.05, 0.1) is 24.3 Å². The number of anilines is 1. The Bertz CT molecular complexity index is 1260. The molecule has 2 heterocycles. The number of aliphatic hydroxyl groups is 1. The highest BCUT2D eigenvalue weighted by Gasteiger charge is 2.47. The van der Waals surface area contributed by atoms with E-state index in [4.69, 9.17) is 27.9 Å². The van der Waals surface area contributed by atoms with Crippen LogP contribution in [-0.2, 0) is 9.59 Å². The maximum absolute atomic E-state index is 13.2. The van der Waals surface area contributed by atoms with Gasteiger partial charge in [0.2, 0.25) is 0 Å². The second-order valence-corrected chi connectivity index (χ2v) is 8.07. The molecule has 1 aromatic heterocycles. The van der Waals surface area contributed by atoms with Gasteiger partial charge in [-0.05, 0) is 60.5 Å². The third kappa shape index (κ3) is 3.72. The molecule has 0 saturated carbocycles. The second kappa shape index (κ2) is 8.65. The van der Waals surface area contributed by atoms with Crippen molar-refractivity contribution in [3.05, 3.63) is 93.2 Å². The lowest BCUT2D eigenvalue weighted by Crippen LogP contribution is -2.29. The number of carbonyl (C=O) groups is 2. The molecule has 0 radical (unpaired) electrons. The van der Waals surface area contributed by atoms with Gasteiger partial charge >= 0.3 is 0 Å². The molecule has 0 bridgehead atoms. The van der Waals surface area contributed by atoms with Crippen LogP contribution in [0.5, 0.6) is 5.75 Å². The van der Waals surface area contributed by atoms with E-state index in [2.05, 4.69) is 4.98 Å². The van der Waals surface area contributed by atoms with Crippen molar-refractivity contribution in [2.24, 2.45) is 0 Å². The molecule has 0 spiro atoms. The molecule has 1 saturated heterocycles. The van der Waals surface area contributed by atoms with E-state index >= 15 is 0 Å². The highest BCUT2D eigenvalue weighted by atomic mass is 35.5. The Kier molecular flexibility index (Phi) is 5.91. The average Bonchev–Trinajstić information content (AvgIpc) is 3.06. The molecule has 1 fully saturated rings. The quantitative estimate of drug-likeness (QED) is 0.317. The number of benzene rings is 2. The predicted molar refractivity (Wildman–Crippen MR) is 123 cm³/mol. The number of aryl methyl sites for hydroxylation is 1. The fourth-order valence-corrected chi connectivity index (χ4v) is 4.05. The van der Waals surface area contributed by atoms with Crippen LogP contribution in [0.25, 0.3) is 5.76 Å². The fourth-order valence-electron chi connectivity index (χ4n) is 3.70. The number of pyridine rings is 1. The molecule has 1 aliphatic heterocycles. The Morgan fingerprint density at radius 2 is 1.78 bits per heavy atom. The van der Waals surface area contributed by atoms with Gasteiger partial charge in [0.15, 0.2) is 0 Å². The van der Waals surface area contributed by atoms with Gasteiger partial charge in [-0.15, -0.1) is 0 Å². The first-order valence-corrected chi connectivity index (χ1v) is 10.4. The summed E-state index contributed by atoms with van der Waals surface area (Å²) in [5.74, 6) is -1.69. The minimum Gasteiger partial charge on any atom is -0.507 e. The van der Waals surface area contributed by atoms with Gasteiger partial charge in [-0.3, -0.25) is 19.5 Å². The Morgan fingerprint density at radius 1 is 1.06 bits per heavy atom. The highest BCUT2D eigenvalue weighted by Crippen LogP contribution is 2.44. The largest absolute Gasteiger partial charge is 0.507 e. The normalized spacial score (nSPS) is 17.6. The van der Waals surface area contributed by atoms with Crippen LogP contribution in [-0.4, -0.2) is 28.9 Å². The highest BCUT2D eigenvalue weighted by molar-refractivity contribution is 6.52. The monoisotopic (exact) mass is 468 g/mol. The third-order valence-corrected chi connectivity index (χ3v) is 5.96. The van der Waals surface area contributed by atoms with E-state index in [1.54, 1.807) is 54.9 Å². The first-order chi connectivity index (χ1) is 15.3. The van der Waals surface area contributed by atoms with Crippen molar-refractivity contribution in [2.75, 3.05) is 12.0 Å². The molecule has 162 valence electrons. The maximum atomic E-state index is 13.2. The summed E-state index contributed by atoms with van der Waals surface area (Å²) in [5.41, 5.74) is 1.98. The molecule has 1 aliphatic rings. The van der Waals surface area contributed by atoms with Crippen molar-refractivity contribution in [3.8, 4) is 5.75 Å². The topological polar surface area (TPSA) is 79.7 Å². The van der Waals surface area contributed by atoms with Gasteiger partial charge in [0, 0.05) is 28.1 Å². The number of nitrogens with zero attached hydrogens (tertiary/aromatic N) is 2. The van der Waals surface area contributed by atoms with Crippen molar-refractivity contribution in [1.82, 2.24) is 4.98 Å². The van der Waals surface area contributed by atoms with E-state index in [0.717, 1.165) is 5.56 Å². The maximum Gasteiger partial charge on any atom is 0.300 e. The zero-order chi connectivity index (χ0) is 23.0. The zero-order valence-corrected chi connectivity index (χ0v) is 18.7. The number of ether oxygens (including phenoxy) is 1. The van der Waals surface area contributed by atoms with Gasteiger partial charge in [-0.25, -0.2) is 0 Å². The molecule has 1 unspecified atom stereocenters. The molecular weight excluding hydrogens is 451 g/mol. The average molecular weight is 469 g/mol. The van der Waals surface area contributed by atoms with Gasteiger partial charge < -0.3 is 9.84 Å². The minimum absolute atomic E-state index is 0.0848. The van der Waals surface area contributed by atoms with E-state index in [9.17, 15) is 14.7 Å².